The van der Waals surface area contributed by atoms with E-state index in [1.807, 2.05) is 20.0 Å². The van der Waals surface area contributed by atoms with E-state index in [1.165, 1.54) is 11.3 Å². The van der Waals surface area contributed by atoms with Crippen molar-refractivity contribution in [2.24, 2.45) is 0 Å². The zero-order valence-corrected chi connectivity index (χ0v) is 12.0. The van der Waals surface area contributed by atoms with Gasteiger partial charge in [0.25, 0.3) is 0 Å². The maximum atomic E-state index is 9.97. The van der Waals surface area contributed by atoms with Gasteiger partial charge < -0.3 is 10.0 Å². The third kappa shape index (κ3) is 2.18. The molecule has 1 N–H and O–H groups in total. The molecule has 20 heavy (non-hydrogen) atoms. The van der Waals surface area contributed by atoms with Crippen molar-refractivity contribution in [2.75, 3.05) is 11.4 Å². The van der Waals surface area contributed by atoms with Gasteiger partial charge in [-0.2, -0.15) is 0 Å². The number of para-hydroxylation sites is 1. The third-order valence-corrected chi connectivity index (χ3v) is 4.05. The fourth-order valence-corrected chi connectivity index (χ4v) is 2.84. The highest BCUT2D eigenvalue weighted by molar-refractivity contribution is 5.67. The molecule has 1 aromatic carbocycles. The van der Waals surface area contributed by atoms with Crippen LogP contribution in [0, 0.1) is 6.92 Å². The van der Waals surface area contributed by atoms with Crippen LogP contribution in [0.5, 0.6) is 0 Å². The molecule has 0 spiro atoms. The second-order valence-electron chi connectivity index (χ2n) is 5.35. The summed E-state index contributed by atoms with van der Waals surface area (Å²) in [6.45, 7) is 5.00. The lowest BCUT2D eigenvalue weighted by atomic mass is 10.0. The van der Waals surface area contributed by atoms with Crippen LogP contribution in [0.4, 0.5) is 11.5 Å². The number of aliphatic hydroxyl groups is 1. The average molecular weight is 268 g/mol. The summed E-state index contributed by atoms with van der Waals surface area (Å²) >= 11 is 0. The number of benzene rings is 1. The Bertz CT molecular complexity index is 624. The summed E-state index contributed by atoms with van der Waals surface area (Å²) < 4.78 is 0. The Kier molecular flexibility index (Phi) is 3.45. The number of hydrogen-bond donors (Lipinski definition) is 1. The second-order valence-corrected chi connectivity index (χ2v) is 5.35. The van der Waals surface area contributed by atoms with Gasteiger partial charge in [0.2, 0.25) is 0 Å². The van der Waals surface area contributed by atoms with E-state index in [2.05, 4.69) is 40.2 Å². The first kappa shape index (κ1) is 13.1. The Hall–Kier alpha value is -1.87. The van der Waals surface area contributed by atoms with Crippen LogP contribution in [0.15, 0.2) is 36.5 Å². The SMILES string of the molecule is CCC(O)c1cnc(N2CCc3ccccc32)cc1C. The molecule has 3 nitrogen and oxygen atoms in total. The smallest absolute Gasteiger partial charge is 0.133 e. The third-order valence-electron chi connectivity index (χ3n) is 4.05. The highest BCUT2D eigenvalue weighted by Gasteiger charge is 2.21. The molecule has 0 amide bonds. The number of fused-ring (bicyclic) bond motifs is 1. The molecule has 2 heterocycles. The molecule has 0 radical (unpaired) electrons. The van der Waals surface area contributed by atoms with Crippen molar-refractivity contribution >= 4 is 11.5 Å². The van der Waals surface area contributed by atoms with Crippen LogP contribution in [-0.4, -0.2) is 16.6 Å². The number of rotatable bonds is 3. The molecule has 1 aromatic heterocycles. The molecule has 3 heteroatoms. The molecule has 0 saturated heterocycles. The van der Waals surface area contributed by atoms with Crippen molar-refractivity contribution < 1.29 is 5.11 Å². The number of aryl methyl sites for hydroxylation is 1. The minimum absolute atomic E-state index is 0.414. The number of aliphatic hydroxyl groups excluding tert-OH is 1. The van der Waals surface area contributed by atoms with Gasteiger partial charge >= 0.3 is 0 Å². The largest absolute Gasteiger partial charge is 0.388 e. The number of anilines is 2. The molecule has 0 saturated carbocycles. The number of pyridine rings is 1. The van der Waals surface area contributed by atoms with Gasteiger partial charge in [0, 0.05) is 24.0 Å². The Morgan fingerprint density at radius 1 is 1.35 bits per heavy atom. The second kappa shape index (κ2) is 5.25. The predicted octanol–water partition coefficient (Wildman–Crippen LogP) is 3.53. The van der Waals surface area contributed by atoms with Gasteiger partial charge in [0.1, 0.15) is 5.82 Å². The van der Waals surface area contributed by atoms with Crippen molar-refractivity contribution in [1.82, 2.24) is 4.98 Å². The highest BCUT2D eigenvalue weighted by Crippen LogP contribution is 2.34. The normalized spacial score (nSPS) is 15.2. The van der Waals surface area contributed by atoms with Crippen LogP contribution in [-0.2, 0) is 6.42 Å². The zero-order valence-electron chi connectivity index (χ0n) is 12.0. The molecule has 1 atom stereocenters. The molecule has 1 unspecified atom stereocenters. The maximum Gasteiger partial charge on any atom is 0.133 e. The maximum absolute atomic E-state index is 9.97. The van der Waals surface area contributed by atoms with Crippen LogP contribution in [0.25, 0.3) is 0 Å². The summed E-state index contributed by atoms with van der Waals surface area (Å²) in [5.74, 6) is 0.972. The van der Waals surface area contributed by atoms with Crippen LogP contribution in [0.2, 0.25) is 0 Å². The summed E-state index contributed by atoms with van der Waals surface area (Å²) in [5.41, 5.74) is 4.67. The molecule has 0 aliphatic carbocycles. The predicted molar refractivity (Wildman–Crippen MR) is 81.4 cm³/mol. The fraction of sp³-hybridized carbons (Fsp3) is 0.353. The molecular weight excluding hydrogens is 248 g/mol. The van der Waals surface area contributed by atoms with Gasteiger partial charge in [0.15, 0.2) is 0 Å². The molecule has 1 aliphatic rings. The van der Waals surface area contributed by atoms with Crippen molar-refractivity contribution in [3.63, 3.8) is 0 Å². The quantitative estimate of drug-likeness (QED) is 0.925. The zero-order chi connectivity index (χ0) is 14.1. The minimum Gasteiger partial charge on any atom is -0.388 e. The van der Waals surface area contributed by atoms with Crippen molar-refractivity contribution in [3.05, 3.63) is 53.2 Å². The van der Waals surface area contributed by atoms with Crippen LogP contribution in [0.3, 0.4) is 0 Å². The Morgan fingerprint density at radius 3 is 2.90 bits per heavy atom. The van der Waals surface area contributed by atoms with E-state index in [-0.39, 0.29) is 0 Å². The lowest BCUT2D eigenvalue weighted by Gasteiger charge is -2.20. The summed E-state index contributed by atoms with van der Waals surface area (Å²) in [4.78, 5) is 6.81. The average Bonchev–Trinajstić information content (AvgIpc) is 2.90. The van der Waals surface area contributed by atoms with E-state index in [4.69, 9.17) is 0 Å². The standard InChI is InChI=1S/C17H20N2O/c1-3-16(20)14-11-18-17(10-12(14)2)19-9-8-13-6-4-5-7-15(13)19/h4-7,10-11,16,20H,3,8-9H2,1-2H3. The van der Waals surface area contributed by atoms with Crippen LogP contribution in [0.1, 0.15) is 36.1 Å². The van der Waals surface area contributed by atoms with Crippen molar-refractivity contribution in [1.29, 1.82) is 0 Å². The van der Waals surface area contributed by atoms with E-state index in [1.54, 1.807) is 0 Å². The van der Waals surface area contributed by atoms with Gasteiger partial charge in [-0.3, -0.25) is 0 Å². The minimum atomic E-state index is -0.414. The van der Waals surface area contributed by atoms with Gasteiger partial charge in [-0.25, -0.2) is 4.98 Å². The van der Waals surface area contributed by atoms with Crippen LogP contribution < -0.4 is 4.90 Å². The first-order valence-electron chi connectivity index (χ1n) is 7.20. The topological polar surface area (TPSA) is 36.4 Å². The Labute approximate surface area is 119 Å². The van der Waals surface area contributed by atoms with Crippen molar-refractivity contribution in [3.8, 4) is 0 Å². The summed E-state index contributed by atoms with van der Waals surface area (Å²) in [5, 5.41) is 9.97. The monoisotopic (exact) mass is 268 g/mol. The molecule has 0 fully saturated rings. The molecule has 1 aliphatic heterocycles. The van der Waals surface area contributed by atoms with Gasteiger partial charge in [-0.15, -0.1) is 0 Å². The van der Waals surface area contributed by atoms with E-state index in [0.29, 0.717) is 6.42 Å². The van der Waals surface area contributed by atoms with Crippen LogP contribution >= 0.6 is 0 Å². The Balaban J connectivity index is 1.95. The number of nitrogens with zero attached hydrogens (tertiary/aromatic N) is 2. The summed E-state index contributed by atoms with van der Waals surface area (Å²) in [6.07, 6.45) is 3.19. The summed E-state index contributed by atoms with van der Waals surface area (Å²) in [7, 11) is 0. The lowest BCUT2D eigenvalue weighted by molar-refractivity contribution is 0.172. The van der Waals surface area contributed by atoms with E-state index < -0.39 is 6.10 Å². The number of hydrogen-bond acceptors (Lipinski definition) is 3. The lowest BCUT2D eigenvalue weighted by Crippen LogP contribution is -2.15. The first-order chi connectivity index (χ1) is 9.70. The molecule has 104 valence electrons. The van der Waals surface area contributed by atoms with Crippen molar-refractivity contribution in [2.45, 2.75) is 32.8 Å². The molecule has 2 aromatic rings. The highest BCUT2D eigenvalue weighted by atomic mass is 16.3. The van der Waals surface area contributed by atoms with E-state index >= 15 is 0 Å². The number of aromatic nitrogens is 1. The molecule has 0 bridgehead atoms. The fourth-order valence-electron chi connectivity index (χ4n) is 2.84. The Morgan fingerprint density at radius 2 is 2.15 bits per heavy atom. The summed E-state index contributed by atoms with van der Waals surface area (Å²) in [6, 6.07) is 10.6. The van der Waals surface area contributed by atoms with Gasteiger partial charge in [0.05, 0.1) is 6.10 Å². The first-order valence-corrected chi connectivity index (χ1v) is 7.20. The molecular formula is C17H20N2O. The van der Waals surface area contributed by atoms with Gasteiger partial charge in [-0.05, 0) is 43.0 Å². The van der Waals surface area contributed by atoms with E-state index in [9.17, 15) is 5.11 Å². The molecule has 3 rings (SSSR count). The van der Waals surface area contributed by atoms with E-state index in [0.717, 1.165) is 29.9 Å². The van der Waals surface area contributed by atoms with Gasteiger partial charge in [-0.1, -0.05) is 25.1 Å².